The van der Waals surface area contributed by atoms with E-state index in [1.165, 1.54) is 38.5 Å². The summed E-state index contributed by atoms with van der Waals surface area (Å²) in [5, 5.41) is 0. The Morgan fingerprint density at radius 2 is 1.80 bits per heavy atom. The molecule has 0 bridgehead atoms. The zero-order valence-corrected chi connectivity index (χ0v) is 12.2. The van der Waals surface area contributed by atoms with Crippen LogP contribution in [0.1, 0.15) is 49.1 Å². The second kappa shape index (κ2) is 5.24. The quantitative estimate of drug-likeness (QED) is 0.698. The fraction of sp³-hybridized carbons (Fsp3) is 0.500. The molecule has 0 spiro atoms. The van der Waals surface area contributed by atoms with Gasteiger partial charge in [-0.2, -0.15) is 0 Å². The van der Waals surface area contributed by atoms with Gasteiger partial charge in [0.1, 0.15) is 0 Å². The number of hydrogen-bond acceptors (Lipinski definition) is 0. The summed E-state index contributed by atoms with van der Waals surface area (Å²) >= 11 is 0. The first-order chi connectivity index (χ1) is 9.92. The molecule has 20 heavy (non-hydrogen) atoms. The van der Waals surface area contributed by atoms with Crippen LogP contribution in [0.2, 0.25) is 0 Å². The second-order valence-electron chi connectivity index (χ2n) is 6.86. The van der Waals surface area contributed by atoms with Crippen LogP contribution in [0.5, 0.6) is 0 Å². The lowest BCUT2D eigenvalue weighted by Gasteiger charge is -2.23. The van der Waals surface area contributed by atoms with Crippen molar-refractivity contribution in [2.45, 2.75) is 44.4 Å². The molecule has 0 radical (unpaired) electrons. The third-order valence-electron chi connectivity index (χ3n) is 5.86. The standard InChI is InChI=1S/C20H24/c1-3-7-19-15(5-1)9-11-17(19)13-14-18-12-10-16-6-2-4-8-20(16)18/h1-8,15,17-19H,9-14H2. The van der Waals surface area contributed by atoms with Crippen molar-refractivity contribution < 1.29 is 0 Å². The predicted octanol–water partition coefficient (Wildman–Crippen LogP) is 5.27. The topological polar surface area (TPSA) is 0 Å². The minimum absolute atomic E-state index is 0.841. The van der Waals surface area contributed by atoms with Crippen molar-refractivity contribution in [1.82, 2.24) is 0 Å². The van der Waals surface area contributed by atoms with Gasteiger partial charge >= 0.3 is 0 Å². The summed E-state index contributed by atoms with van der Waals surface area (Å²) in [5.41, 5.74) is 3.27. The molecule has 0 aromatic heterocycles. The molecule has 0 nitrogen and oxygen atoms in total. The van der Waals surface area contributed by atoms with Gasteiger partial charge in [-0.05, 0) is 73.3 Å². The maximum atomic E-state index is 2.48. The van der Waals surface area contributed by atoms with E-state index in [0.29, 0.717) is 0 Å². The molecule has 4 rings (SSSR count). The van der Waals surface area contributed by atoms with Crippen LogP contribution in [0.25, 0.3) is 0 Å². The maximum absolute atomic E-state index is 2.48. The van der Waals surface area contributed by atoms with Gasteiger partial charge in [0.25, 0.3) is 0 Å². The van der Waals surface area contributed by atoms with E-state index in [-0.39, 0.29) is 0 Å². The number of hydrogen-bond donors (Lipinski definition) is 0. The summed E-state index contributed by atoms with van der Waals surface area (Å²) in [4.78, 5) is 0. The van der Waals surface area contributed by atoms with Crippen LogP contribution in [0.3, 0.4) is 0 Å². The van der Waals surface area contributed by atoms with Crippen LogP contribution in [0.15, 0.2) is 48.6 Å². The van der Waals surface area contributed by atoms with Gasteiger partial charge in [0.2, 0.25) is 0 Å². The van der Waals surface area contributed by atoms with Crippen molar-refractivity contribution in [3.8, 4) is 0 Å². The molecule has 1 aromatic carbocycles. The van der Waals surface area contributed by atoms with Gasteiger partial charge in [0.05, 0.1) is 0 Å². The van der Waals surface area contributed by atoms with Gasteiger partial charge in [-0.1, -0.05) is 48.6 Å². The molecule has 0 N–H and O–H groups in total. The van der Waals surface area contributed by atoms with Gasteiger partial charge in [0.15, 0.2) is 0 Å². The molecule has 1 saturated carbocycles. The predicted molar refractivity (Wildman–Crippen MR) is 84.7 cm³/mol. The Hall–Kier alpha value is -1.30. The highest BCUT2D eigenvalue weighted by Gasteiger charge is 2.34. The Labute approximate surface area is 122 Å². The largest absolute Gasteiger partial charge is 0.0808 e. The van der Waals surface area contributed by atoms with Crippen LogP contribution >= 0.6 is 0 Å². The number of aryl methyl sites for hydroxylation is 1. The Kier molecular flexibility index (Phi) is 3.26. The first kappa shape index (κ1) is 12.4. The summed E-state index contributed by atoms with van der Waals surface area (Å²) < 4.78 is 0. The van der Waals surface area contributed by atoms with Crippen molar-refractivity contribution in [2.75, 3.05) is 0 Å². The molecule has 4 atom stereocenters. The van der Waals surface area contributed by atoms with Crippen molar-refractivity contribution in [3.63, 3.8) is 0 Å². The van der Waals surface area contributed by atoms with Gasteiger partial charge < -0.3 is 0 Å². The molecule has 0 saturated heterocycles. The van der Waals surface area contributed by atoms with Gasteiger partial charge in [0, 0.05) is 0 Å². The monoisotopic (exact) mass is 264 g/mol. The summed E-state index contributed by atoms with van der Waals surface area (Å²) in [6.45, 7) is 0. The van der Waals surface area contributed by atoms with E-state index in [1.54, 1.807) is 11.1 Å². The summed E-state index contributed by atoms with van der Waals surface area (Å²) in [5.74, 6) is 3.47. The lowest BCUT2D eigenvalue weighted by molar-refractivity contribution is 0.369. The summed E-state index contributed by atoms with van der Waals surface area (Å²) in [7, 11) is 0. The molecule has 3 aliphatic carbocycles. The molecule has 0 amide bonds. The Morgan fingerprint density at radius 3 is 2.80 bits per heavy atom. The number of rotatable bonds is 3. The first-order valence-electron chi connectivity index (χ1n) is 8.34. The van der Waals surface area contributed by atoms with Crippen LogP contribution in [-0.4, -0.2) is 0 Å². The van der Waals surface area contributed by atoms with Gasteiger partial charge in [-0.25, -0.2) is 0 Å². The highest BCUT2D eigenvalue weighted by molar-refractivity contribution is 5.34. The van der Waals surface area contributed by atoms with E-state index in [4.69, 9.17) is 0 Å². The zero-order chi connectivity index (χ0) is 13.4. The smallest absolute Gasteiger partial charge is 0.0139 e. The highest BCUT2D eigenvalue weighted by Crippen LogP contribution is 2.45. The first-order valence-corrected chi connectivity index (χ1v) is 8.34. The number of benzene rings is 1. The average Bonchev–Trinajstić information content (AvgIpc) is 3.09. The van der Waals surface area contributed by atoms with Gasteiger partial charge in [-0.15, -0.1) is 0 Å². The third kappa shape index (κ3) is 2.16. The second-order valence-corrected chi connectivity index (χ2v) is 6.86. The molecule has 104 valence electrons. The SMILES string of the molecule is C1=CC2CCC(CCC3CCc4ccccc43)C2C=C1. The molecular formula is C20H24. The number of allylic oxidation sites excluding steroid dienone is 4. The normalized spacial score (nSPS) is 34.2. The summed E-state index contributed by atoms with van der Waals surface area (Å²) in [6.07, 6.45) is 17.8. The van der Waals surface area contributed by atoms with Crippen LogP contribution in [0, 0.1) is 17.8 Å². The number of fused-ring (bicyclic) bond motifs is 2. The molecule has 1 fully saturated rings. The Bertz CT molecular complexity index is 537. The molecule has 0 heteroatoms. The summed E-state index contributed by atoms with van der Waals surface area (Å²) in [6, 6.07) is 9.11. The molecule has 4 unspecified atom stereocenters. The van der Waals surface area contributed by atoms with Crippen molar-refractivity contribution >= 4 is 0 Å². The zero-order valence-electron chi connectivity index (χ0n) is 12.2. The molecule has 0 heterocycles. The molecule has 0 aliphatic heterocycles. The molecule has 1 aromatic rings. The molecular weight excluding hydrogens is 240 g/mol. The van der Waals surface area contributed by atoms with E-state index in [2.05, 4.69) is 48.6 Å². The van der Waals surface area contributed by atoms with E-state index in [1.807, 2.05) is 0 Å². The Morgan fingerprint density at radius 1 is 0.900 bits per heavy atom. The Balaban J connectivity index is 1.40. The fourth-order valence-electron chi connectivity index (χ4n) is 4.76. The van der Waals surface area contributed by atoms with Crippen LogP contribution in [0.4, 0.5) is 0 Å². The maximum Gasteiger partial charge on any atom is -0.0139 e. The highest BCUT2D eigenvalue weighted by atomic mass is 14.4. The minimum atomic E-state index is 0.841. The van der Waals surface area contributed by atoms with E-state index >= 15 is 0 Å². The van der Waals surface area contributed by atoms with Crippen molar-refractivity contribution in [2.24, 2.45) is 17.8 Å². The van der Waals surface area contributed by atoms with E-state index in [0.717, 1.165) is 23.7 Å². The van der Waals surface area contributed by atoms with E-state index < -0.39 is 0 Å². The lowest BCUT2D eigenvalue weighted by Crippen LogP contribution is -2.13. The fourth-order valence-corrected chi connectivity index (χ4v) is 4.76. The lowest BCUT2D eigenvalue weighted by atomic mass is 9.82. The van der Waals surface area contributed by atoms with Crippen molar-refractivity contribution in [1.29, 1.82) is 0 Å². The third-order valence-corrected chi connectivity index (χ3v) is 5.86. The van der Waals surface area contributed by atoms with Gasteiger partial charge in [-0.3, -0.25) is 0 Å². The van der Waals surface area contributed by atoms with E-state index in [9.17, 15) is 0 Å². The minimum Gasteiger partial charge on any atom is -0.0808 e. The average molecular weight is 264 g/mol. The molecule has 3 aliphatic rings. The van der Waals surface area contributed by atoms with Crippen molar-refractivity contribution in [3.05, 3.63) is 59.7 Å². The van der Waals surface area contributed by atoms with Crippen LogP contribution in [-0.2, 0) is 6.42 Å². The van der Waals surface area contributed by atoms with Crippen LogP contribution < -0.4 is 0 Å².